The number of hydrogen-bond acceptors (Lipinski definition) is 1. The van der Waals surface area contributed by atoms with Gasteiger partial charge in [0.1, 0.15) is 0 Å². The molecule has 0 atom stereocenters. The van der Waals surface area contributed by atoms with E-state index in [0.29, 0.717) is 5.92 Å². The largest absolute Gasteiger partial charge is 0.198 e. The van der Waals surface area contributed by atoms with E-state index in [9.17, 15) is 0 Å². The van der Waals surface area contributed by atoms with Crippen molar-refractivity contribution in [3.8, 4) is 6.07 Å². The molecular formula is C13H20N. The Balaban J connectivity index is 1.79. The summed E-state index contributed by atoms with van der Waals surface area (Å²) in [7, 11) is 0. The molecule has 0 aromatic carbocycles. The standard InChI is InChI=1S/C13H20N/c14-10-11-6-8-13(9-7-11)12-4-2-1-3-5-12/h1,11-13H,2-9H2. The van der Waals surface area contributed by atoms with Crippen molar-refractivity contribution in [2.75, 3.05) is 0 Å². The molecule has 1 nitrogen and oxygen atoms in total. The Morgan fingerprint density at radius 1 is 0.857 bits per heavy atom. The van der Waals surface area contributed by atoms with Gasteiger partial charge in [-0.05, 0) is 69.6 Å². The molecule has 0 spiro atoms. The van der Waals surface area contributed by atoms with Crippen LogP contribution < -0.4 is 0 Å². The summed E-state index contributed by atoms with van der Waals surface area (Å²) >= 11 is 0. The van der Waals surface area contributed by atoms with E-state index < -0.39 is 0 Å². The van der Waals surface area contributed by atoms with Crippen LogP contribution >= 0.6 is 0 Å². The van der Waals surface area contributed by atoms with Crippen LogP contribution in [0.1, 0.15) is 51.4 Å². The van der Waals surface area contributed by atoms with Crippen molar-refractivity contribution in [1.82, 2.24) is 0 Å². The molecule has 77 valence electrons. The van der Waals surface area contributed by atoms with E-state index in [-0.39, 0.29) is 0 Å². The van der Waals surface area contributed by atoms with Crippen molar-refractivity contribution < 1.29 is 0 Å². The van der Waals surface area contributed by atoms with Crippen LogP contribution in [0.3, 0.4) is 0 Å². The fourth-order valence-corrected chi connectivity index (χ4v) is 3.14. The second kappa shape index (κ2) is 4.82. The highest BCUT2D eigenvalue weighted by atomic mass is 14.4. The van der Waals surface area contributed by atoms with E-state index in [1.165, 1.54) is 51.4 Å². The molecule has 1 heteroatoms. The fraction of sp³-hybridized carbons (Fsp3) is 0.846. The lowest BCUT2D eigenvalue weighted by molar-refractivity contribution is 0.194. The van der Waals surface area contributed by atoms with Gasteiger partial charge in [-0.15, -0.1) is 0 Å². The highest BCUT2D eigenvalue weighted by Crippen LogP contribution is 2.39. The molecule has 2 aliphatic carbocycles. The molecule has 1 radical (unpaired) electrons. The summed E-state index contributed by atoms with van der Waals surface area (Å²) in [4.78, 5) is 0. The van der Waals surface area contributed by atoms with E-state index in [1.54, 1.807) is 0 Å². The Labute approximate surface area is 87.5 Å². The zero-order valence-electron chi connectivity index (χ0n) is 8.91. The van der Waals surface area contributed by atoms with E-state index in [4.69, 9.17) is 5.26 Å². The first-order valence-electron chi connectivity index (χ1n) is 6.11. The van der Waals surface area contributed by atoms with Crippen molar-refractivity contribution >= 4 is 0 Å². The average molecular weight is 190 g/mol. The van der Waals surface area contributed by atoms with Crippen LogP contribution in [0.2, 0.25) is 0 Å². The number of nitriles is 1. The van der Waals surface area contributed by atoms with Crippen LogP contribution in [0.15, 0.2) is 0 Å². The van der Waals surface area contributed by atoms with E-state index in [0.717, 1.165) is 11.8 Å². The predicted molar refractivity (Wildman–Crippen MR) is 57.3 cm³/mol. The first-order valence-corrected chi connectivity index (χ1v) is 6.11. The van der Waals surface area contributed by atoms with E-state index in [2.05, 4.69) is 12.5 Å². The van der Waals surface area contributed by atoms with Gasteiger partial charge in [0.2, 0.25) is 0 Å². The Kier molecular flexibility index (Phi) is 3.45. The van der Waals surface area contributed by atoms with Crippen molar-refractivity contribution in [2.45, 2.75) is 51.4 Å². The van der Waals surface area contributed by atoms with Gasteiger partial charge in [-0.25, -0.2) is 0 Å². The zero-order valence-corrected chi connectivity index (χ0v) is 8.91. The molecular weight excluding hydrogens is 170 g/mol. The van der Waals surface area contributed by atoms with Gasteiger partial charge in [-0.1, -0.05) is 0 Å². The maximum absolute atomic E-state index is 8.83. The third-order valence-corrected chi connectivity index (χ3v) is 4.10. The predicted octanol–water partition coefficient (Wildman–Crippen LogP) is 3.71. The number of rotatable bonds is 1. The Hall–Kier alpha value is -0.510. The van der Waals surface area contributed by atoms with Gasteiger partial charge in [0.05, 0.1) is 6.07 Å². The van der Waals surface area contributed by atoms with Gasteiger partial charge in [0, 0.05) is 5.92 Å². The summed E-state index contributed by atoms with van der Waals surface area (Å²) in [5.41, 5.74) is 0. The molecule has 0 saturated heterocycles. The van der Waals surface area contributed by atoms with Crippen molar-refractivity contribution in [3.63, 3.8) is 0 Å². The van der Waals surface area contributed by atoms with Gasteiger partial charge < -0.3 is 0 Å². The topological polar surface area (TPSA) is 23.8 Å². The molecule has 0 unspecified atom stereocenters. The van der Waals surface area contributed by atoms with Crippen molar-refractivity contribution in [3.05, 3.63) is 6.42 Å². The second-order valence-corrected chi connectivity index (χ2v) is 4.94. The van der Waals surface area contributed by atoms with Gasteiger partial charge in [-0.2, -0.15) is 5.26 Å². The first-order chi connectivity index (χ1) is 6.90. The maximum atomic E-state index is 8.83. The first kappa shape index (κ1) is 10.0. The smallest absolute Gasteiger partial charge is 0.0655 e. The third kappa shape index (κ3) is 2.29. The van der Waals surface area contributed by atoms with Gasteiger partial charge in [-0.3, -0.25) is 0 Å². The summed E-state index contributed by atoms with van der Waals surface area (Å²) in [5, 5.41) is 8.83. The summed E-state index contributed by atoms with van der Waals surface area (Å²) in [6.45, 7) is 0. The maximum Gasteiger partial charge on any atom is 0.0655 e. The molecule has 2 aliphatic rings. The summed E-state index contributed by atoms with van der Waals surface area (Å²) in [6.07, 6.45) is 12.9. The minimum Gasteiger partial charge on any atom is -0.198 e. The molecule has 2 fully saturated rings. The quantitative estimate of drug-likeness (QED) is 0.618. The Morgan fingerprint density at radius 3 is 2.00 bits per heavy atom. The van der Waals surface area contributed by atoms with Gasteiger partial charge in [0.15, 0.2) is 0 Å². The summed E-state index contributed by atoms with van der Waals surface area (Å²) < 4.78 is 0. The fourth-order valence-electron chi connectivity index (χ4n) is 3.14. The lowest BCUT2D eigenvalue weighted by Crippen LogP contribution is -2.23. The molecule has 14 heavy (non-hydrogen) atoms. The van der Waals surface area contributed by atoms with Crippen LogP contribution in [0.25, 0.3) is 0 Å². The average Bonchev–Trinajstić information content (AvgIpc) is 2.30. The van der Waals surface area contributed by atoms with Gasteiger partial charge >= 0.3 is 0 Å². The minimum absolute atomic E-state index is 0.376. The molecule has 2 rings (SSSR count). The molecule has 0 aromatic heterocycles. The van der Waals surface area contributed by atoms with Crippen LogP contribution in [-0.2, 0) is 0 Å². The summed E-state index contributed by atoms with van der Waals surface area (Å²) in [5.74, 6) is 2.31. The molecule has 0 N–H and O–H groups in total. The molecule has 0 aromatic rings. The SMILES string of the molecule is N#CC1CCC(C2CC[CH]CC2)CC1. The molecule has 0 bridgehead atoms. The highest BCUT2D eigenvalue weighted by molar-refractivity contribution is 4.90. The lowest BCUT2D eigenvalue weighted by atomic mass is 9.71. The third-order valence-electron chi connectivity index (χ3n) is 4.10. The van der Waals surface area contributed by atoms with Crippen LogP contribution in [-0.4, -0.2) is 0 Å². The molecule has 0 heterocycles. The van der Waals surface area contributed by atoms with E-state index >= 15 is 0 Å². The lowest BCUT2D eigenvalue weighted by Gasteiger charge is -2.34. The molecule has 2 saturated carbocycles. The number of hydrogen-bond donors (Lipinski definition) is 0. The minimum atomic E-state index is 0.376. The Morgan fingerprint density at radius 2 is 1.43 bits per heavy atom. The zero-order chi connectivity index (χ0) is 9.80. The number of nitrogens with zero attached hydrogens (tertiary/aromatic N) is 1. The summed E-state index contributed by atoms with van der Waals surface area (Å²) in [6, 6.07) is 2.42. The van der Waals surface area contributed by atoms with Crippen LogP contribution in [0.4, 0.5) is 0 Å². The normalized spacial score (nSPS) is 35.1. The second-order valence-electron chi connectivity index (χ2n) is 4.94. The van der Waals surface area contributed by atoms with Gasteiger partial charge in [0.25, 0.3) is 0 Å². The van der Waals surface area contributed by atoms with Crippen LogP contribution in [0, 0.1) is 35.5 Å². The Bertz CT molecular complexity index is 202. The van der Waals surface area contributed by atoms with Crippen LogP contribution in [0.5, 0.6) is 0 Å². The highest BCUT2D eigenvalue weighted by Gasteiger charge is 2.28. The van der Waals surface area contributed by atoms with Crippen molar-refractivity contribution in [1.29, 1.82) is 5.26 Å². The molecule has 0 aliphatic heterocycles. The molecule has 0 amide bonds. The monoisotopic (exact) mass is 190 g/mol. The van der Waals surface area contributed by atoms with Crippen molar-refractivity contribution in [2.24, 2.45) is 17.8 Å². The van der Waals surface area contributed by atoms with E-state index in [1.807, 2.05) is 0 Å².